The fourth-order valence-electron chi connectivity index (χ4n) is 1.50. The number of hydrogen-bond donors (Lipinski definition) is 1. The van der Waals surface area contributed by atoms with Gasteiger partial charge in [0.2, 0.25) is 0 Å². The SMILES string of the molecule is Nc1ccn(CC(=O)OCc2cc(F)cc(Br)c2)n1. The zero-order valence-corrected chi connectivity index (χ0v) is 11.4. The van der Waals surface area contributed by atoms with Gasteiger partial charge in [0.25, 0.3) is 0 Å². The zero-order valence-electron chi connectivity index (χ0n) is 9.85. The van der Waals surface area contributed by atoms with E-state index in [1.807, 2.05) is 0 Å². The molecule has 2 aromatic rings. The molecule has 0 bridgehead atoms. The van der Waals surface area contributed by atoms with Gasteiger partial charge in [-0.1, -0.05) is 15.9 Å². The van der Waals surface area contributed by atoms with Gasteiger partial charge < -0.3 is 10.5 Å². The molecule has 19 heavy (non-hydrogen) atoms. The molecule has 0 fully saturated rings. The fourth-order valence-corrected chi connectivity index (χ4v) is 2.01. The molecule has 0 unspecified atom stereocenters. The molecule has 1 aromatic heterocycles. The quantitative estimate of drug-likeness (QED) is 0.873. The lowest BCUT2D eigenvalue weighted by Gasteiger charge is -2.06. The molecule has 7 heteroatoms. The first-order chi connectivity index (χ1) is 9.02. The molecule has 0 aliphatic rings. The number of rotatable bonds is 4. The molecule has 0 saturated carbocycles. The molecule has 0 radical (unpaired) electrons. The lowest BCUT2D eigenvalue weighted by molar-refractivity contribution is -0.145. The highest BCUT2D eigenvalue weighted by molar-refractivity contribution is 9.10. The third-order valence-corrected chi connectivity index (χ3v) is 2.73. The molecule has 2 N–H and O–H groups in total. The first-order valence-corrected chi connectivity index (χ1v) is 6.22. The molecular formula is C12H11BrFN3O2. The standard InChI is InChI=1S/C12H11BrFN3O2/c13-9-3-8(4-10(14)5-9)7-19-12(18)6-17-2-1-11(15)16-17/h1-5H,6-7H2,(H2,15,16). The van der Waals surface area contributed by atoms with Crippen molar-refractivity contribution in [2.24, 2.45) is 0 Å². The summed E-state index contributed by atoms with van der Waals surface area (Å²) in [6.45, 7) is -0.0281. The first-order valence-electron chi connectivity index (χ1n) is 5.42. The van der Waals surface area contributed by atoms with Crippen LogP contribution in [0, 0.1) is 5.82 Å². The van der Waals surface area contributed by atoms with Gasteiger partial charge in [-0.2, -0.15) is 5.10 Å². The summed E-state index contributed by atoms with van der Waals surface area (Å²) in [6.07, 6.45) is 1.58. The largest absolute Gasteiger partial charge is 0.459 e. The van der Waals surface area contributed by atoms with Crippen molar-refractivity contribution in [3.63, 3.8) is 0 Å². The molecule has 2 rings (SSSR count). The van der Waals surface area contributed by atoms with Crippen molar-refractivity contribution in [2.75, 3.05) is 5.73 Å². The number of benzene rings is 1. The maximum Gasteiger partial charge on any atom is 0.328 e. The first kappa shape index (κ1) is 13.5. The summed E-state index contributed by atoms with van der Waals surface area (Å²) in [5.41, 5.74) is 5.99. The monoisotopic (exact) mass is 327 g/mol. The van der Waals surface area contributed by atoms with Crippen LogP contribution in [0.5, 0.6) is 0 Å². The minimum atomic E-state index is -0.469. The Morgan fingerprint density at radius 1 is 1.47 bits per heavy atom. The number of halogens is 2. The second kappa shape index (κ2) is 5.83. The summed E-state index contributed by atoms with van der Waals surface area (Å²) in [5, 5.41) is 3.86. The lowest BCUT2D eigenvalue weighted by Crippen LogP contribution is -2.14. The van der Waals surface area contributed by atoms with Crippen molar-refractivity contribution >= 4 is 27.7 Å². The van der Waals surface area contributed by atoms with E-state index in [4.69, 9.17) is 10.5 Å². The number of hydrogen-bond acceptors (Lipinski definition) is 4. The van der Waals surface area contributed by atoms with Gasteiger partial charge in [0, 0.05) is 10.7 Å². The predicted octanol–water partition coefficient (Wildman–Crippen LogP) is 2.11. The lowest BCUT2D eigenvalue weighted by atomic mass is 10.2. The highest BCUT2D eigenvalue weighted by atomic mass is 79.9. The number of carbonyl (C=O) groups excluding carboxylic acids is 1. The molecule has 1 heterocycles. The molecule has 5 nitrogen and oxygen atoms in total. The molecule has 0 spiro atoms. The molecule has 0 amide bonds. The van der Waals surface area contributed by atoms with Crippen molar-refractivity contribution in [3.05, 3.63) is 46.3 Å². The number of nitrogen functional groups attached to an aromatic ring is 1. The van der Waals surface area contributed by atoms with Gasteiger partial charge in [-0.15, -0.1) is 0 Å². The molecule has 100 valence electrons. The van der Waals surface area contributed by atoms with Crippen molar-refractivity contribution in [1.29, 1.82) is 0 Å². The molecule has 1 aromatic carbocycles. The van der Waals surface area contributed by atoms with Crippen LogP contribution in [0.4, 0.5) is 10.2 Å². The van der Waals surface area contributed by atoms with Crippen molar-refractivity contribution < 1.29 is 13.9 Å². The average Bonchev–Trinajstić information content (AvgIpc) is 2.71. The predicted molar refractivity (Wildman–Crippen MR) is 70.5 cm³/mol. The Balaban J connectivity index is 1.89. The van der Waals surface area contributed by atoms with E-state index in [1.54, 1.807) is 18.3 Å². The van der Waals surface area contributed by atoms with Crippen molar-refractivity contribution in [3.8, 4) is 0 Å². The van der Waals surface area contributed by atoms with Gasteiger partial charge in [0.1, 0.15) is 24.8 Å². The van der Waals surface area contributed by atoms with E-state index in [0.717, 1.165) is 0 Å². The van der Waals surface area contributed by atoms with Crippen LogP contribution in [0.1, 0.15) is 5.56 Å². The van der Waals surface area contributed by atoms with Crippen molar-refractivity contribution in [1.82, 2.24) is 9.78 Å². The van der Waals surface area contributed by atoms with E-state index in [9.17, 15) is 9.18 Å². The van der Waals surface area contributed by atoms with Crippen LogP contribution in [0.15, 0.2) is 34.9 Å². The molecule has 0 aliphatic carbocycles. The second-order valence-corrected chi connectivity index (χ2v) is 4.79. The molecule has 0 aliphatic heterocycles. The maximum atomic E-state index is 13.1. The summed E-state index contributed by atoms with van der Waals surface area (Å²) in [6, 6.07) is 5.90. The van der Waals surface area contributed by atoms with E-state index in [2.05, 4.69) is 21.0 Å². The highest BCUT2D eigenvalue weighted by Gasteiger charge is 2.07. The number of anilines is 1. The summed E-state index contributed by atoms with van der Waals surface area (Å²) < 4.78 is 20.1. The van der Waals surface area contributed by atoms with Crippen LogP contribution in [0.2, 0.25) is 0 Å². The summed E-state index contributed by atoms with van der Waals surface area (Å²) in [5.74, 6) is -0.523. The third-order valence-electron chi connectivity index (χ3n) is 2.27. The van der Waals surface area contributed by atoms with E-state index in [0.29, 0.717) is 15.9 Å². The van der Waals surface area contributed by atoms with Gasteiger partial charge in [-0.3, -0.25) is 9.48 Å². The Morgan fingerprint density at radius 2 is 2.26 bits per heavy atom. The van der Waals surface area contributed by atoms with Gasteiger partial charge >= 0.3 is 5.97 Å². The Bertz CT molecular complexity index is 580. The van der Waals surface area contributed by atoms with Crippen LogP contribution in [-0.2, 0) is 22.7 Å². The Kier molecular flexibility index (Phi) is 4.16. The van der Waals surface area contributed by atoms with Crippen LogP contribution < -0.4 is 5.73 Å². The molecular weight excluding hydrogens is 317 g/mol. The number of ether oxygens (including phenoxy) is 1. The smallest absolute Gasteiger partial charge is 0.328 e. The van der Waals surface area contributed by atoms with Crippen LogP contribution in [0.3, 0.4) is 0 Å². The van der Waals surface area contributed by atoms with Crippen LogP contribution >= 0.6 is 15.9 Å². The number of esters is 1. The number of nitrogens with two attached hydrogens (primary N) is 1. The van der Waals surface area contributed by atoms with Crippen LogP contribution in [-0.4, -0.2) is 15.7 Å². The van der Waals surface area contributed by atoms with Gasteiger partial charge in [0.05, 0.1) is 0 Å². The van der Waals surface area contributed by atoms with E-state index < -0.39 is 5.97 Å². The van der Waals surface area contributed by atoms with E-state index in [-0.39, 0.29) is 19.0 Å². The summed E-state index contributed by atoms with van der Waals surface area (Å²) >= 11 is 3.17. The molecule has 0 atom stereocenters. The number of carbonyl (C=O) groups is 1. The summed E-state index contributed by atoms with van der Waals surface area (Å²) in [7, 11) is 0. The maximum absolute atomic E-state index is 13.1. The summed E-state index contributed by atoms with van der Waals surface area (Å²) in [4.78, 5) is 11.5. The Morgan fingerprint density at radius 3 is 2.89 bits per heavy atom. The Hall–Kier alpha value is -1.89. The topological polar surface area (TPSA) is 70.1 Å². The van der Waals surface area contributed by atoms with E-state index >= 15 is 0 Å². The number of aromatic nitrogens is 2. The second-order valence-electron chi connectivity index (χ2n) is 3.88. The third kappa shape index (κ3) is 4.06. The number of nitrogens with zero attached hydrogens (tertiary/aromatic N) is 2. The molecule has 0 saturated heterocycles. The normalized spacial score (nSPS) is 10.4. The van der Waals surface area contributed by atoms with Crippen molar-refractivity contribution in [2.45, 2.75) is 13.2 Å². The van der Waals surface area contributed by atoms with Crippen LogP contribution in [0.25, 0.3) is 0 Å². The minimum absolute atomic E-state index is 0.00590. The minimum Gasteiger partial charge on any atom is -0.459 e. The Labute approximate surface area is 117 Å². The van der Waals surface area contributed by atoms with E-state index in [1.165, 1.54) is 16.8 Å². The van der Waals surface area contributed by atoms with Gasteiger partial charge in [-0.05, 0) is 29.8 Å². The average molecular weight is 328 g/mol. The van der Waals surface area contributed by atoms with Gasteiger partial charge in [-0.25, -0.2) is 4.39 Å². The zero-order chi connectivity index (χ0) is 13.8. The highest BCUT2D eigenvalue weighted by Crippen LogP contribution is 2.15. The fraction of sp³-hybridized carbons (Fsp3) is 0.167. The van der Waals surface area contributed by atoms with Gasteiger partial charge in [0.15, 0.2) is 0 Å².